The zero-order valence-electron chi connectivity index (χ0n) is 14.6. The number of hydrogen-bond donors (Lipinski definition) is 3. The third-order valence-corrected chi connectivity index (χ3v) is 3.05. The highest BCUT2D eigenvalue weighted by molar-refractivity contribution is 5.75. The first-order chi connectivity index (χ1) is 12.2. The maximum absolute atomic E-state index is 11.5. The summed E-state index contributed by atoms with van der Waals surface area (Å²) in [4.78, 5) is 14.2. The monoisotopic (exact) mass is 362 g/mol. The predicted octanol–water partition coefficient (Wildman–Crippen LogP) is 0.376. The van der Waals surface area contributed by atoms with E-state index >= 15 is 0 Å². The Morgan fingerprint density at radius 1 is 1.08 bits per heavy atom. The van der Waals surface area contributed by atoms with Crippen molar-refractivity contribution in [2.75, 3.05) is 59.3 Å². The Labute approximate surface area is 148 Å². The zero-order chi connectivity index (χ0) is 18.6. The lowest BCUT2D eigenvalue weighted by Gasteiger charge is -2.17. The predicted molar refractivity (Wildman–Crippen MR) is 91.0 cm³/mol. The quantitative estimate of drug-likeness (QED) is 0.139. The molecule has 25 heavy (non-hydrogen) atoms. The van der Waals surface area contributed by atoms with Crippen molar-refractivity contribution in [1.29, 1.82) is 0 Å². The van der Waals surface area contributed by atoms with Gasteiger partial charge in [-0.15, -0.1) is 0 Å². The Morgan fingerprint density at radius 3 is 2.48 bits per heavy atom. The van der Waals surface area contributed by atoms with Crippen molar-refractivity contribution in [3.8, 4) is 0 Å². The van der Waals surface area contributed by atoms with Crippen molar-refractivity contribution in [3.05, 3.63) is 10.4 Å². The summed E-state index contributed by atoms with van der Waals surface area (Å²) in [6.07, 6.45) is 2.19. The minimum absolute atomic E-state index is 0.0255. The van der Waals surface area contributed by atoms with E-state index in [1.807, 2.05) is 0 Å². The van der Waals surface area contributed by atoms with Gasteiger partial charge in [0.1, 0.15) is 6.10 Å². The maximum atomic E-state index is 11.5. The molecule has 0 bridgehead atoms. The summed E-state index contributed by atoms with van der Waals surface area (Å²) in [5, 5.41) is 23.7. The first-order valence-electron chi connectivity index (χ1n) is 8.51. The van der Waals surface area contributed by atoms with Crippen LogP contribution in [0.15, 0.2) is 5.11 Å². The van der Waals surface area contributed by atoms with E-state index < -0.39 is 0 Å². The molecule has 0 saturated heterocycles. The van der Waals surface area contributed by atoms with Gasteiger partial charge >= 0.3 is 0 Å². The van der Waals surface area contributed by atoms with Crippen LogP contribution in [0.2, 0.25) is 0 Å². The molecule has 146 valence electrons. The van der Waals surface area contributed by atoms with E-state index in [1.165, 1.54) is 0 Å². The Bertz CT molecular complexity index is 366. The molecule has 0 fully saturated rings. The molecule has 0 aliphatic heterocycles. The van der Waals surface area contributed by atoms with E-state index in [4.69, 9.17) is 30.0 Å². The molecular weight excluding hydrogens is 332 g/mol. The number of hydrogen-bond acceptors (Lipinski definition) is 7. The van der Waals surface area contributed by atoms with E-state index in [-0.39, 0.29) is 45.0 Å². The first kappa shape index (κ1) is 23.6. The second-order valence-electron chi connectivity index (χ2n) is 5.20. The second kappa shape index (κ2) is 18.9. The molecule has 0 aromatic carbocycles. The number of carbonyl (C=O) groups is 1. The summed E-state index contributed by atoms with van der Waals surface area (Å²) in [6.45, 7) is 2.31. The van der Waals surface area contributed by atoms with Gasteiger partial charge in [0.05, 0.1) is 39.6 Å². The number of rotatable bonds is 18. The average Bonchev–Trinajstić information content (AvgIpc) is 2.61. The lowest BCUT2D eigenvalue weighted by Crippen LogP contribution is -2.29. The van der Waals surface area contributed by atoms with E-state index in [2.05, 4.69) is 15.3 Å². The summed E-state index contributed by atoms with van der Waals surface area (Å²) in [6, 6.07) is 0. The average molecular weight is 362 g/mol. The number of nitrogens with one attached hydrogen (secondary N) is 1. The number of carbonyl (C=O) groups excluding carboxylic acids is 1. The molecule has 0 saturated carbocycles. The normalized spacial score (nSPS) is 11.8. The van der Waals surface area contributed by atoms with Crippen LogP contribution in [0.5, 0.6) is 0 Å². The highest BCUT2D eigenvalue weighted by atomic mass is 16.6. The summed E-state index contributed by atoms with van der Waals surface area (Å²) in [7, 11) is 0. The van der Waals surface area contributed by atoms with E-state index in [1.54, 1.807) is 0 Å². The van der Waals surface area contributed by atoms with Gasteiger partial charge in [0.25, 0.3) is 0 Å². The fourth-order valence-electron chi connectivity index (χ4n) is 1.86. The Hall–Kier alpha value is -1.42. The van der Waals surface area contributed by atoms with Gasteiger partial charge in [-0.2, -0.15) is 0 Å². The molecule has 1 unspecified atom stereocenters. The fraction of sp³-hybridized carbons (Fsp3) is 0.933. The number of amides is 1. The molecule has 1 amide bonds. The maximum Gasteiger partial charge on any atom is 0.219 e. The number of unbranched alkanes of at least 4 members (excludes halogenated alkanes) is 1. The standard InChI is InChI=1S/C15H30N4O6/c16-19-18-6-2-1-4-15(22)17-5-3-9-23-12-14(25-11-8-21)13-24-10-7-20/h14,20-21H,1-13H2,(H,17,22). The van der Waals surface area contributed by atoms with Gasteiger partial charge in [0.15, 0.2) is 0 Å². The van der Waals surface area contributed by atoms with Crippen molar-refractivity contribution in [1.82, 2.24) is 5.32 Å². The van der Waals surface area contributed by atoms with E-state index in [0.29, 0.717) is 52.0 Å². The lowest BCUT2D eigenvalue weighted by atomic mass is 10.2. The fourth-order valence-corrected chi connectivity index (χ4v) is 1.86. The van der Waals surface area contributed by atoms with E-state index in [0.717, 1.165) is 0 Å². The van der Waals surface area contributed by atoms with Gasteiger partial charge < -0.3 is 29.7 Å². The van der Waals surface area contributed by atoms with Crippen LogP contribution >= 0.6 is 0 Å². The molecule has 0 aliphatic rings. The number of ether oxygens (including phenoxy) is 3. The van der Waals surface area contributed by atoms with Crippen molar-refractivity contribution in [3.63, 3.8) is 0 Å². The van der Waals surface area contributed by atoms with Crippen LogP contribution in [0.3, 0.4) is 0 Å². The lowest BCUT2D eigenvalue weighted by molar-refractivity contribution is -0.121. The topological polar surface area (TPSA) is 146 Å². The minimum Gasteiger partial charge on any atom is -0.394 e. The Morgan fingerprint density at radius 2 is 1.80 bits per heavy atom. The van der Waals surface area contributed by atoms with Gasteiger partial charge in [-0.1, -0.05) is 5.11 Å². The van der Waals surface area contributed by atoms with Crippen molar-refractivity contribution >= 4 is 5.91 Å². The number of aliphatic hydroxyl groups excluding tert-OH is 2. The van der Waals surface area contributed by atoms with Crippen LogP contribution in [-0.4, -0.2) is 81.6 Å². The van der Waals surface area contributed by atoms with Crippen LogP contribution in [0, 0.1) is 0 Å². The molecule has 0 aromatic rings. The third-order valence-electron chi connectivity index (χ3n) is 3.05. The molecule has 10 heteroatoms. The van der Waals surface area contributed by atoms with Gasteiger partial charge in [0.2, 0.25) is 5.91 Å². The summed E-state index contributed by atoms with van der Waals surface area (Å²) in [5.74, 6) is -0.0255. The first-order valence-corrected chi connectivity index (χ1v) is 8.51. The molecular formula is C15H30N4O6. The van der Waals surface area contributed by atoms with Crippen LogP contribution in [-0.2, 0) is 19.0 Å². The molecule has 0 aromatic heterocycles. The molecule has 1 atom stereocenters. The molecule has 0 aliphatic carbocycles. The van der Waals surface area contributed by atoms with Crippen LogP contribution in [0.25, 0.3) is 10.4 Å². The van der Waals surface area contributed by atoms with E-state index in [9.17, 15) is 4.79 Å². The smallest absolute Gasteiger partial charge is 0.219 e. The molecule has 0 heterocycles. The van der Waals surface area contributed by atoms with Gasteiger partial charge in [-0.25, -0.2) is 0 Å². The summed E-state index contributed by atoms with van der Waals surface area (Å²) < 4.78 is 16.1. The summed E-state index contributed by atoms with van der Waals surface area (Å²) >= 11 is 0. The highest BCUT2D eigenvalue weighted by Crippen LogP contribution is 1.98. The van der Waals surface area contributed by atoms with Gasteiger partial charge in [-0.3, -0.25) is 4.79 Å². The summed E-state index contributed by atoms with van der Waals surface area (Å²) in [5.41, 5.74) is 8.12. The largest absolute Gasteiger partial charge is 0.394 e. The molecule has 0 radical (unpaired) electrons. The minimum atomic E-state index is -0.302. The second-order valence-corrected chi connectivity index (χ2v) is 5.20. The molecule has 3 N–H and O–H groups in total. The number of nitrogens with zero attached hydrogens (tertiary/aromatic N) is 3. The number of aliphatic hydroxyl groups is 2. The molecule has 0 spiro atoms. The third kappa shape index (κ3) is 17.2. The van der Waals surface area contributed by atoms with Crippen molar-refractivity contribution in [2.24, 2.45) is 5.11 Å². The SMILES string of the molecule is [N-]=[N+]=NCCCCC(=O)NCCCOCC(COCCO)OCCO. The molecule has 10 nitrogen and oxygen atoms in total. The zero-order valence-corrected chi connectivity index (χ0v) is 14.6. The number of azide groups is 1. The van der Waals surface area contributed by atoms with Crippen molar-refractivity contribution in [2.45, 2.75) is 31.8 Å². The van der Waals surface area contributed by atoms with Crippen molar-refractivity contribution < 1.29 is 29.2 Å². The van der Waals surface area contributed by atoms with Gasteiger partial charge in [0, 0.05) is 31.0 Å². The Kier molecular flexibility index (Phi) is 17.8. The Balaban J connectivity index is 3.59. The van der Waals surface area contributed by atoms with Crippen LogP contribution in [0.4, 0.5) is 0 Å². The molecule has 0 rings (SSSR count). The van der Waals surface area contributed by atoms with Gasteiger partial charge in [-0.05, 0) is 24.8 Å². The van der Waals surface area contributed by atoms with Crippen LogP contribution < -0.4 is 5.32 Å². The van der Waals surface area contributed by atoms with Crippen LogP contribution in [0.1, 0.15) is 25.7 Å². The highest BCUT2D eigenvalue weighted by Gasteiger charge is 2.09.